The van der Waals surface area contributed by atoms with Crippen molar-refractivity contribution in [1.82, 2.24) is 20.1 Å². The first kappa shape index (κ1) is 18.0. The molecule has 6 heteroatoms. The SMILES string of the molecule is CC1CCCCN1C1CCN(c2nnc(-c3cccc4cccnc34)s2)CC1. The van der Waals surface area contributed by atoms with Gasteiger partial charge in [0.15, 0.2) is 5.01 Å². The van der Waals surface area contributed by atoms with Gasteiger partial charge < -0.3 is 4.90 Å². The maximum atomic E-state index is 4.57. The van der Waals surface area contributed by atoms with Gasteiger partial charge in [0, 0.05) is 42.3 Å². The Bertz CT molecular complexity index is 942. The maximum Gasteiger partial charge on any atom is 0.208 e. The minimum Gasteiger partial charge on any atom is -0.347 e. The van der Waals surface area contributed by atoms with Crippen molar-refractivity contribution in [3.63, 3.8) is 0 Å². The van der Waals surface area contributed by atoms with Gasteiger partial charge in [-0.3, -0.25) is 9.88 Å². The third kappa shape index (κ3) is 3.40. The van der Waals surface area contributed by atoms with Crippen LogP contribution in [-0.4, -0.2) is 51.8 Å². The predicted octanol–water partition coefficient (Wildman–Crippen LogP) is 4.60. The number of benzene rings is 1. The van der Waals surface area contributed by atoms with Gasteiger partial charge >= 0.3 is 0 Å². The van der Waals surface area contributed by atoms with Crippen molar-refractivity contribution in [2.24, 2.45) is 0 Å². The number of likely N-dealkylation sites (tertiary alicyclic amines) is 1. The summed E-state index contributed by atoms with van der Waals surface area (Å²) in [6.45, 7) is 5.84. The van der Waals surface area contributed by atoms with E-state index in [4.69, 9.17) is 0 Å². The minimum atomic E-state index is 0.737. The van der Waals surface area contributed by atoms with E-state index >= 15 is 0 Å². The zero-order chi connectivity index (χ0) is 18.9. The standard InChI is InChI=1S/C22H27N5S/c1-16-6-2-3-13-27(16)18-10-14-26(15-11-18)22-25-24-21(28-22)19-9-4-7-17-8-5-12-23-20(17)19/h4-5,7-9,12,16,18H,2-3,6,10-11,13-15H2,1H3. The van der Waals surface area contributed by atoms with Gasteiger partial charge in [-0.15, -0.1) is 10.2 Å². The van der Waals surface area contributed by atoms with Crippen LogP contribution in [0.5, 0.6) is 0 Å². The number of nitrogens with zero attached hydrogens (tertiary/aromatic N) is 5. The van der Waals surface area contributed by atoms with Gasteiger partial charge in [0.2, 0.25) is 5.13 Å². The molecule has 28 heavy (non-hydrogen) atoms. The Kier molecular flexibility index (Phi) is 4.99. The molecule has 0 N–H and O–H groups in total. The van der Waals surface area contributed by atoms with E-state index in [2.05, 4.69) is 56.2 Å². The van der Waals surface area contributed by atoms with E-state index in [1.165, 1.54) is 38.6 Å². The summed E-state index contributed by atoms with van der Waals surface area (Å²) in [6, 6.07) is 11.8. The van der Waals surface area contributed by atoms with Crippen molar-refractivity contribution in [2.75, 3.05) is 24.5 Å². The number of pyridine rings is 1. The molecule has 4 heterocycles. The highest BCUT2D eigenvalue weighted by molar-refractivity contribution is 7.18. The van der Waals surface area contributed by atoms with Crippen LogP contribution >= 0.6 is 11.3 Å². The molecule has 0 spiro atoms. The van der Waals surface area contributed by atoms with E-state index in [9.17, 15) is 0 Å². The van der Waals surface area contributed by atoms with Crippen LogP contribution in [0.25, 0.3) is 21.5 Å². The van der Waals surface area contributed by atoms with Crippen molar-refractivity contribution >= 4 is 27.4 Å². The molecule has 2 aliphatic rings. The molecule has 0 radical (unpaired) electrons. The second kappa shape index (κ2) is 7.76. The van der Waals surface area contributed by atoms with Gasteiger partial charge in [0.1, 0.15) is 0 Å². The van der Waals surface area contributed by atoms with E-state index in [0.717, 1.165) is 51.8 Å². The number of para-hydroxylation sites is 1. The van der Waals surface area contributed by atoms with E-state index in [-0.39, 0.29) is 0 Å². The molecule has 1 aromatic carbocycles. The van der Waals surface area contributed by atoms with Crippen LogP contribution in [0, 0.1) is 0 Å². The van der Waals surface area contributed by atoms with Gasteiger partial charge in [-0.05, 0) is 51.3 Å². The number of anilines is 1. The molecule has 2 saturated heterocycles. The minimum absolute atomic E-state index is 0.737. The Morgan fingerprint density at radius 1 is 0.964 bits per heavy atom. The lowest BCUT2D eigenvalue weighted by molar-refractivity contribution is 0.0897. The van der Waals surface area contributed by atoms with Crippen LogP contribution in [-0.2, 0) is 0 Å². The summed E-state index contributed by atoms with van der Waals surface area (Å²) in [4.78, 5) is 9.75. The third-order valence-electron chi connectivity index (χ3n) is 6.34. The Morgan fingerprint density at radius 3 is 2.68 bits per heavy atom. The van der Waals surface area contributed by atoms with Gasteiger partial charge in [0.25, 0.3) is 0 Å². The molecule has 2 aromatic heterocycles. The van der Waals surface area contributed by atoms with E-state index in [1.807, 2.05) is 12.3 Å². The largest absolute Gasteiger partial charge is 0.347 e. The molecule has 0 aliphatic carbocycles. The Morgan fingerprint density at radius 2 is 1.82 bits per heavy atom. The molecule has 5 nitrogen and oxygen atoms in total. The topological polar surface area (TPSA) is 45.2 Å². The molecule has 146 valence electrons. The van der Waals surface area contributed by atoms with E-state index < -0.39 is 0 Å². The normalized spacial score (nSPS) is 22.0. The van der Waals surface area contributed by atoms with Crippen LogP contribution in [0.3, 0.4) is 0 Å². The highest BCUT2D eigenvalue weighted by atomic mass is 32.1. The second-order valence-corrected chi connectivity index (χ2v) is 9.03. The number of hydrogen-bond donors (Lipinski definition) is 0. The summed E-state index contributed by atoms with van der Waals surface area (Å²) in [7, 11) is 0. The number of hydrogen-bond acceptors (Lipinski definition) is 6. The summed E-state index contributed by atoms with van der Waals surface area (Å²) in [5, 5.41) is 12.2. The molecule has 2 aliphatic heterocycles. The van der Waals surface area contributed by atoms with Crippen molar-refractivity contribution < 1.29 is 0 Å². The summed E-state index contributed by atoms with van der Waals surface area (Å²) < 4.78 is 0. The zero-order valence-corrected chi connectivity index (χ0v) is 17.2. The van der Waals surface area contributed by atoms with Crippen molar-refractivity contribution in [3.8, 4) is 10.6 Å². The molecule has 2 fully saturated rings. The first-order valence-electron chi connectivity index (χ1n) is 10.5. The molecule has 0 saturated carbocycles. The van der Waals surface area contributed by atoms with Gasteiger partial charge in [-0.2, -0.15) is 0 Å². The van der Waals surface area contributed by atoms with Crippen LogP contribution in [0.15, 0.2) is 36.5 Å². The molecule has 3 aromatic rings. The summed E-state index contributed by atoms with van der Waals surface area (Å²) >= 11 is 1.69. The zero-order valence-electron chi connectivity index (χ0n) is 16.4. The van der Waals surface area contributed by atoms with E-state index in [1.54, 1.807) is 11.3 Å². The van der Waals surface area contributed by atoms with Crippen molar-refractivity contribution in [1.29, 1.82) is 0 Å². The van der Waals surface area contributed by atoms with Gasteiger partial charge in [-0.1, -0.05) is 36.0 Å². The molecule has 1 atom stereocenters. The maximum absolute atomic E-state index is 4.57. The molecular weight excluding hydrogens is 366 g/mol. The molecule has 0 bridgehead atoms. The van der Waals surface area contributed by atoms with Crippen LogP contribution in [0.4, 0.5) is 5.13 Å². The lowest BCUT2D eigenvalue weighted by Gasteiger charge is -2.43. The monoisotopic (exact) mass is 393 g/mol. The number of aromatic nitrogens is 3. The van der Waals surface area contributed by atoms with Crippen molar-refractivity contribution in [2.45, 2.75) is 51.1 Å². The second-order valence-electron chi connectivity index (χ2n) is 8.07. The Hall–Kier alpha value is -2.05. The third-order valence-corrected chi connectivity index (χ3v) is 7.35. The molecule has 5 rings (SSSR count). The highest BCUT2D eigenvalue weighted by Gasteiger charge is 2.30. The fraction of sp³-hybridized carbons (Fsp3) is 0.500. The van der Waals surface area contributed by atoms with Crippen LogP contribution in [0.1, 0.15) is 39.0 Å². The fourth-order valence-corrected chi connectivity index (χ4v) is 5.70. The highest BCUT2D eigenvalue weighted by Crippen LogP contribution is 2.34. The fourth-order valence-electron chi connectivity index (χ4n) is 4.78. The number of piperidine rings is 2. The van der Waals surface area contributed by atoms with Gasteiger partial charge in [-0.25, -0.2) is 0 Å². The average Bonchev–Trinajstić information content (AvgIpc) is 3.24. The quantitative estimate of drug-likeness (QED) is 0.651. The number of fused-ring (bicyclic) bond motifs is 1. The predicted molar refractivity (Wildman–Crippen MR) is 116 cm³/mol. The van der Waals surface area contributed by atoms with Crippen LogP contribution in [0.2, 0.25) is 0 Å². The Labute approximate surface area is 170 Å². The van der Waals surface area contributed by atoms with E-state index in [0.29, 0.717) is 0 Å². The first-order valence-corrected chi connectivity index (χ1v) is 11.3. The average molecular weight is 394 g/mol. The lowest BCUT2D eigenvalue weighted by Crippen LogP contribution is -2.50. The molecule has 1 unspecified atom stereocenters. The summed E-state index contributed by atoms with van der Waals surface area (Å²) in [5.74, 6) is 0. The van der Waals surface area contributed by atoms with Crippen molar-refractivity contribution in [3.05, 3.63) is 36.5 Å². The first-order chi connectivity index (χ1) is 13.8. The Balaban J connectivity index is 1.31. The molecule has 0 amide bonds. The lowest BCUT2D eigenvalue weighted by atomic mass is 9.96. The summed E-state index contributed by atoms with van der Waals surface area (Å²) in [5.41, 5.74) is 2.09. The van der Waals surface area contributed by atoms with Crippen LogP contribution < -0.4 is 4.90 Å². The smallest absolute Gasteiger partial charge is 0.208 e. The van der Waals surface area contributed by atoms with Gasteiger partial charge in [0.05, 0.1) is 5.52 Å². The number of rotatable bonds is 3. The molecular formula is C22H27N5S. The summed E-state index contributed by atoms with van der Waals surface area (Å²) in [6.07, 6.45) is 8.43.